The van der Waals surface area contributed by atoms with Crippen LogP contribution in [0.25, 0.3) is 10.9 Å². The summed E-state index contributed by atoms with van der Waals surface area (Å²) in [5, 5.41) is 6.28. The molecule has 2 aromatic carbocycles. The van der Waals surface area contributed by atoms with Crippen LogP contribution in [0, 0.1) is 0 Å². The van der Waals surface area contributed by atoms with Crippen molar-refractivity contribution in [1.82, 2.24) is 10.3 Å². The molecule has 0 unspecified atom stereocenters. The molecule has 0 atom stereocenters. The van der Waals surface area contributed by atoms with Crippen molar-refractivity contribution in [2.45, 2.75) is 26.0 Å². The molecule has 4 rings (SSSR count). The van der Waals surface area contributed by atoms with Gasteiger partial charge in [-0.2, -0.15) is 0 Å². The fourth-order valence-corrected chi connectivity index (χ4v) is 3.89. The van der Waals surface area contributed by atoms with E-state index in [2.05, 4.69) is 34.4 Å². The lowest BCUT2D eigenvalue weighted by Gasteiger charge is -2.39. The van der Waals surface area contributed by atoms with Gasteiger partial charge in [0.2, 0.25) is 0 Å². The normalized spacial score (nSPS) is 15.2. The molecule has 2 heterocycles. The van der Waals surface area contributed by atoms with Crippen molar-refractivity contribution in [2.75, 3.05) is 37.0 Å². The highest BCUT2D eigenvalue weighted by Crippen LogP contribution is 2.32. The minimum atomic E-state index is -0.754. The maximum absolute atomic E-state index is 12.5. The van der Waals surface area contributed by atoms with Crippen LogP contribution < -0.4 is 20.3 Å². The second-order valence-corrected chi connectivity index (χ2v) is 8.58. The van der Waals surface area contributed by atoms with E-state index in [-0.39, 0.29) is 12.1 Å². The number of hydrogen-bond donors (Lipinski definition) is 2. The second kappa shape index (κ2) is 9.46. The average Bonchev–Trinajstić information content (AvgIpc) is 2.81. The largest absolute Gasteiger partial charge is 0.494 e. The zero-order chi connectivity index (χ0) is 23.4. The van der Waals surface area contributed by atoms with E-state index >= 15 is 0 Å². The van der Waals surface area contributed by atoms with Crippen LogP contribution in [0.15, 0.2) is 54.7 Å². The number of carbonyl (C=O) groups excluding carboxylic acids is 2. The van der Waals surface area contributed by atoms with Crippen LogP contribution in [0.5, 0.6) is 5.75 Å². The summed E-state index contributed by atoms with van der Waals surface area (Å²) >= 11 is 0. The van der Waals surface area contributed by atoms with E-state index in [0.29, 0.717) is 18.0 Å². The summed E-state index contributed by atoms with van der Waals surface area (Å²) in [5.74, 6) is -0.988. The molecule has 3 aromatic rings. The zero-order valence-electron chi connectivity index (χ0n) is 19.1. The summed E-state index contributed by atoms with van der Waals surface area (Å²) in [7, 11) is 1.53. The summed E-state index contributed by atoms with van der Waals surface area (Å²) in [5.41, 5.74) is 2.92. The van der Waals surface area contributed by atoms with E-state index in [9.17, 15) is 9.59 Å². The molecule has 0 radical (unpaired) electrons. The second-order valence-electron chi connectivity index (χ2n) is 8.58. The molecule has 2 amide bonds. The van der Waals surface area contributed by atoms with Gasteiger partial charge in [-0.15, -0.1) is 0 Å². The quantitative estimate of drug-likeness (QED) is 0.583. The minimum absolute atomic E-state index is 0.236. The lowest BCUT2D eigenvalue weighted by molar-refractivity contribution is -0.136. The van der Waals surface area contributed by atoms with Crippen molar-refractivity contribution in [2.24, 2.45) is 0 Å². The number of nitrogens with zero attached hydrogens (tertiary/aromatic N) is 2. The van der Waals surface area contributed by atoms with Crippen LogP contribution >= 0.6 is 0 Å². The third-order valence-electron chi connectivity index (χ3n) is 5.55. The molecule has 0 spiro atoms. The number of morpholine rings is 1. The fourth-order valence-electron chi connectivity index (χ4n) is 3.89. The monoisotopic (exact) mass is 448 g/mol. The highest BCUT2D eigenvalue weighted by Gasteiger charge is 2.28. The number of pyridine rings is 1. The Morgan fingerprint density at radius 2 is 2.00 bits per heavy atom. The van der Waals surface area contributed by atoms with Crippen molar-refractivity contribution in [3.05, 3.63) is 60.3 Å². The lowest BCUT2D eigenvalue weighted by atomic mass is 10.1. The molecule has 2 N–H and O–H groups in total. The summed E-state index contributed by atoms with van der Waals surface area (Å²) in [6, 6.07) is 15.0. The van der Waals surface area contributed by atoms with E-state index in [0.717, 1.165) is 35.2 Å². The Balaban J connectivity index is 1.38. The predicted octanol–water partition coefficient (Wildman–Crippen LogP) is 3.11. The van der Waals surface area contributed by atoms with E-state index < -0.39 is 11.8 Å². The third-order valence-corrected chi connectivity index (χ3v) is 5.55. The molecule has 0 aliphatic carbocycles. The van der Waals surface area contributed by atoms with Crippen molar-refractivity contribution in [3.8, 4) is 5.75 Å². The van der Waals surface area contributed by atoms with Crippen molar-refractivity contribution in [1.29, 1.82) is 0 Å². The Labute approximate surface area is 192 Å². The van der Waals surface area contributed by atoms with Gasteiger partial charge in [-0.05, 0) is 49.7 Å². The molecule has 0 saturated carbocycles. The zero-order valence-corrected chi connectivity index (χ0v) is 19.1. The molecule has 1 aliphatic heterocycles. The first-order valence-corrected chi connectivity index (χ1v) is 10.8. The summed E-state index contributed by atoms with van der Waals surface area (Å²) in [6.45, 7) is 6.50. The Bertz CT molecular complexity index is 1180. The Morgan fingerprint density at radius 3 is 2.79 bits per heavy atom. The Morgan fingerprint density at radius 1 is 1.15 bits per heavy atom. The first kappa shape index (κ1) is 22.5. The fraction of sp³-hybridized carbons (Fsp3) is 0.320. The van der Waals surface area contributed by atoms with Gasteiger partial charge in [0.25, 0.3) is 0 Å². The summed E-state index contributed by atoms with van der Waals surface area (Å²) < 4.78 is 11.2. The van der Waals surface area contributed by atoms with Gasteiger partial charge < -0.3 is 25.0 Å². The van der Waals surface area contributed by atoms with Gasteiger partial charge in [0.05, 0.1) is 30.5 Å². The van der Waals surface area contributed by atoms with E-state index in [1.807, 2.05) is 42.5 Å². The maximum Gasteiger partial charge on any atom is 0.313 e. The Kier molecular flexibility index (Phi) is 6.46. The molecule has 0 bridgehead atoms. The molecule has 8 heteroatoms. The number of benzene rings is 2. The Hall–Kier alpha value is -3.65. The van der Waals surface area contributed by atoms with Gasteiger partial charge in [0.1, 0.15) is 5.75 Å². The number of hydrogen-bond acceptors (Lipinski definition) is 6. The van der Waals surface area contributed by atoms with Gasteiger partial charge in [0.15, 0.2) is 0 Å². The lowest BCUT2D eigenvalue weighted by Crippen LogP contribution is -2.48. The van der Waals surface area contributed by atoms with Gasteiger partial charge in [-0.25, -0.2) is 0 Å². The van der Waals surface area contributed by atoms with Crippen molar-refractivity contribution in [3.63, 3.8) is 0 Å². The predicted molar refractivity (Wildman–Crippen MR) is 127 cm³/mol. The number of fused-ring (bicyclic) bond motifs is 1. The van der Waals surface area contributed by atoms with Gasteiger partial charge in [-0.1, -0.05) is 12.1 Å². The summed E-state index contributed by atoms with van der Waals surface area (Å²) in [4.78, 5) is 31.3. The van der Waals surface area contributed by atoms with Crippen molar-refractivity contribution < 1.29 is 19.1 Å². The van der Waals surface area contributed by atoms with Crippen LogP contribution in [-0.4, -0.2) is 49.2 Å². The number of amides is 2. The molecule has 1 fully saturated rings. The van der Waals surface area contributed by atoms with Crippen LogP contribution in [0.2, 0.25) is 0 Å². The molecule has 33 heavy (non-hydrogen) atoms. The first-order chi connectivity index (χ1) is 15.8. The molecule has 1 saturated heterocycles. The van der Waals surface area contributed by atoms with E-state index in [1.165, 1.54) is 7.11 Å². The highest BCUT2D eigenvalue weighted by molar-refractivity contribution is 6.39. The number of carbonyl (C=O) groups is 2. The molecular formula is C25H28N4O4. The third kappa shape index (κ3) is 5.40. The number of rotatable bonds is 5. The van der Waals surface area contributed by atoms with E-state index in [4.69, 9.17) is 9.47 Å². The smallest absolute Gasteiger partial charge is 0.313 e. The SMILES string of the molecule is COc1cc(N2CCOC(C)(C)C2)ccc1NC(=O)C(=O)NCc1ccc2ncccc2c1. The van der Waals surface area contributed by atoms with Crippen molar-refractivity contribution >= 4 is 34.1 Å². The van der Waals surface area contributed by atoms with E-state index in [1.54, 1.807) is 12.3 Å². The molecule has 1 aromatic heterocycles. The number of methoxy groups -OCH3 is 1. The van der Waals surface area contributed by atoms with Gasteiger partial charge in [-0.3, -0.25) is 14.6 Å². The highest BCUT2D eigenvalue weighted by atomic mass is 16.5. The number of nitrogens with one attached hydrogen (secondary N) is 2. The molecular weight excluding hydrogens is 420 g/mol. The summed E-state index contributed by atoms with van der Waals surface area (Å²) in [6.07, 6.45) is 1.73. The molecule has 172 valence electrons. The molecule has 8 nitrogen and oxygen atoms in total. The van der Waals surface area contributed by atoms with Gasteiger partial charge in [0, 0.05) is 43.0 Å². The van der Waals surface area contributed by atoms with Crippen LogP contribution in [0.1, 0.15) is 19.4 Å². The molecule has 1 aliphatic rings. The van der Waals surface area contributed by atoms with Gasteiger partial charge >= 0.3 is 11.8 Å². The van der Waals surface area contributed by atoms with Crippen LogP contribution in [-0.2, 0) is 20.9 Å². The minimum Gasteiger partial charge on any atom is -0.494 e. The maximum atomic E-state index is 12.5. The first-order valence-electron chi connectivity index (χ1n) is 10.8. The average molecular weight is 449 g/mol. The number of anilines is 2. The standard InChI is InChI=1S/C25H28N4O4/c1-25(2)16-29(11-12-33-25)19-7-9-21(22(14-19)32-3)28-24(31)23(30)27-15-17-6-8-20-18(13-17)5-4-10-26-20/h4-10,13-14H,11-12,15-16H2,1-3H3,(H,27,30)(H,28,31). The number of ether oxygens (including phenoxy) is 2. The topological polar surface area (TPSA) is 92.8 Å². The van der Waals surface area contributed by atoms with Crippen LogP contribution in [0.4, 0.5) is 11.4 Å². The van der Waals surface area contributed by atoms with Crippen LogP contribution in [0.3, 0.4) is 0 Å². The number of aromatic nitrogens is 1.